The lowest BCUT2D eigenvalue weighted by Crippen LogP contribution is -2.58. The van der Waals surface area contributed by atoms with Gasteiger partial charge >= 0.3 is 5.69 Å². The maximum atomic E-state index is 13.1. The molecule has 0 radical (unpaired) electrons. The first-order valence-electron chi connectivity index (χ1n) is 9.35. The lowest BCUT2D eigenvalue weighted by atomic mass is 9.87. The van der Waals surface area contributed by atoms with Gasteiger partial charge in [0.2, 0.25) is 0 Å². The van der Waals surface area contributed by atoms with Crippen molar-refractivity contribution in [1.29, 1.82) is 0 Å². The molecule has 1 aliphatic carbocycles. The van der Waals surface area contributed by atoms with Gasteiger partial charge in [0.1, 0.15) is 5.65 Å². The molecule has 1 saturated heterocycles. The summed E-state index contributed by atoms with van der Waals surface area (Å²) in [7, 11) is -1.77. The Morgan fingerprint density at radius 1 is 1.21 bits per heavy atom. The number of carbonyl (C=O) groups is 1. The highest BCUT2D eigenvalue weighted by molar-refractivity contribution is 7.92. The minimum atomic E-state index is -3.25. The molecule has 1 amide bonds. The molecular formula is C18H22N4O5S. The number of carbonyl (C=O) groups excluding carboxylic acids is 1. The van der Waals surface area contributed by atoms with Gasteiger partial charge in [-0.2, -0.15) is 0 Å². The van der Waals surface area contributed by atoms with Crippen LogP contribution in [0.4, 0.5) is 0 Å². The van der Waals surface area contributed by atoms with E-state index in [0.717, 1.165) is 19.3 Å². The van der Waals surface area contributed by atoms with Crippen molar-refractivity contribution in [2.75, 3.05) is 18.8 Å². The van der Waals surface area contributed by atoms with E-state index in [0.29, 0.717) is 12.8 Å². The van der Waals surface area contributed by atoms with Crippen molar-refractivity contribution in [1.82, 2.24) is 19.4 Å². The van der Waals surface area contributed by atoms with Crippen LogP contribution in [0, 0.1) is 0 Å². The first-order valence-corrected chi connectivity index (χ1v) is 11.0. The number of rotatable bonds is 1. The molecule has 10 heteroatoms. The van der Waals surface area contributed by atoms with Gasteiger partial charge in [0.15, 0.2) is 9.84 Å². The number of nitrogens with zero attached hydrogens (tertiary/aromatic N) is 3. The van der Waals surface area contributed by atoms with Crippen molar-refractivity contribution in [3.8, 4) is 0 Å². The number of aryl methyl sites for hydroxylation is 1. The number of sulfone groups is 1. The van der Waals surface area contributed by atoms with Gasteiger partial charge in [-0.25, -0.2) is 18.2 Å². The molecule has 0 atom stereocenters. The normalized spacial score (nSPS) is 21.1. The number of hydrogen-bond acceptors (Lipinski definition) is 6. The molecule has 2 aliphatic rings. The van der Waals surface area contributed by atoms with Crippen molar-refractivity contribution in [2.24, 2.45) is 7.05 Å². The van der Waals surface area contributed by atoms with Crippen LogP contribution in [0.15, 0.2) is 21.9 Å². The predicted octanol–water partition coefficient (Wildman–Crippen LogP) is 0.195. The Morgan fingerprint density at radius 3 is 2.64 bits per heavy atom. The van der Waals surface area contributed by atoms with Crippen molar-refractivity contribution < 1.29 is 13.2 Å². The quantitative estimate of drug-likeness (QED) is 0.722. The zero-order chi connectivity index (χ0) is 20.1. The number of nitrogens with one attached hydrogen (secondary N) is 1. The fourth-order valence-electron chi connectivity index (χ4n) is 4.35. The van der Waals surface area contributed by atoms with Crippen molar-refractivity contribution in [2.45, 2.75) is 36.9 Å². The molecule has 2 aromatic rings. The van der Waals surface area contributed by atoms with Gasteiger partial charge in [-0.15, -0.1) is 0 Å². The summed E-state index contributed by atoms with van der Waals surface area (Å²) in [5, 5.41) is 0.143. The van der Waals surface area contributed by atoms with Gasteiger partial charge in [0.25, 0.3) is 11.5 Å². The summed E-state index contributed by atoms with van der Waals surface area (Å²) in [6, 6.07) is 1.42. The van der Waals surface area contributed by atoms with E-state index in [1.54, 1.807) is 4.90 Å². The average Bonchev–Trinajstić information content (AvgIpc) is 2.68. The van der Waals surface area contributed by atoms with Crippen LogP contribution in [0.5, 0.6) is 0 Å². The number of aromatic nitrogens is 3. The molecule has 0 bridgehead atoms. The second-order valence-corrected chi connectivity index (χ2v) is 10.2. The molecule has 1 saturated carbocycles. The van der Waals surface area contributed by atoms with Crippen LogP contribution in [-0.4, -0.2) is 57.3 Å². The number of aromatic amines is 1. The van der Waals surface area contributed by atoms with Crippen LogP contribution in [0.2, 0.25) is 0 Å². The molecule has 28 heavy (non-hydrogen) atoms. The van der Waals surface area contributed by atoms with Crippen molar-refractivity contribution >= 4 is 26.8 Å². The summed E-state index contributed by atoms with van der Waals surface area (Å²) in [4.78, 5) is 44.7. The monoisotopic (exact) mass is 406 g/mol. The topological polar surface area (TPSA) is 122 Å². The van der Waals surface area contributed by atoms with Gasteiger partial charge in [-0.05, 0) is 18.9 Å². The fourth-order valence-corrected chi connectivity index (χ4v) is 6.50. The smallest absolute Gasteiger partial charge is 0.329 e. The number of fused-ring (bicyclic) bond motifs is 1. The molecule has 2 aromatic heterocycles. The van der Waals surface area contributed by atoms with Gasteiger partial charge in [-0.3, -0.25) is 19.1 Å². The number of H-pyrrole nitrogens is 1. The van der Waals surface area contributed by atoms with Crippen LogP contribution in [0.1, 0.15) is 42.5 Å². The number of hydrogen-bond donors (Lipinski definition) is 1. The van der Waals surface area contributed by atoms with Crippen LogP contribution >= 0.6 is 0 Å². The molecule has 0 aromatic carbocycles. The molecule has 150 valence electrons. The van der Waals surface area contributed by atoms with Crippen LogP contribution in [0.3, 0.4) is 0 Å². The van der Waals surface area contributed by atoms with Crippen molar-refractivity contribution in [3.63, 3.8) is 0 Å². The zero-order valence-corrected chi connectivity index (χ0v) is 16.4. The first kappa shape index (κ1) is 18.9. The molecule has 1 aliphatic heterocycles. The summed E-state index contributed by atoms with van der Waals surface area (Å²) < 4.78 is 25.8. The van der Waals surface area contributed by atoms with E-state index >= 15 is 0 Å². The van der Waals surface area contributed by atoms with Crippen LogP contribution in [-0.2, 0) is 16.9 Å². The van der Waals surface area contributed by atoms with E-state index < -0.39 is 25.8 Å². The van der Waals surface area contributed by atoms with E-state index in [1.165, 1.54) is 23.9 Å². The highest BCUT2D eigenvalue weighted by atomic mass is 32.2. The zero-order valence-electron chi connectivity index (χ0n) is 15.6. The van der Waals surface area contributed by atoms with Crippen LogP contribution in [0.25, 0.3) is 11.0 Å². The standard InChI is InChI=1S/C18H22N4O5S/c1-21-14-13(15(23)20-17(21)25)9-12(10-19-14)16(24)22-7-8-28(26,27)18(11-22)5-3-2-4-6-18/h9-10H,2-8,11H2,1H3,(H,20,23,25). The molecule has 1 N–H and O–H groups in total. The maximum Gasteiger partial charge on any atom is 0.329 e. The highest BCUT2D eigenvalue weighted by Crippen LogP contribution is 2.39. The van der Waals surface area contributed by atoms with Gasteiger partial charge < -0.3 is 4.90 Å². The highest BCUT2D eigenvalue weighted by Gasteiger charge is 2.49. The third-order valence-corrected chi connectivity index (χ3v) is 8.60. The Labute approximate surface area is 161 Å². The molecular weight excluding hydrogens is 384 g/mol. The Hall–Kier alpha value is -2.49. The SMILES string of the molecule is Cn1c(=O)[nH]c(=O)c2cc(C(=O)N3CCS(=O)(=O)C4(CCCCC4)C3)cnc21. The minimum absolute atomic E-state index is 0.0468. The van der Waals surface area contributed by atoms with Gasteiger partial charge in [-0.1, -0.05) is 19.3 Å². The average molecular weight is 406 g/mol. The maximum absolute atomic E-state index is 13.1. The summed E-state index contributed by atoms with van der Waals surface area (Å²) >= 11 is 0. The van der Waals surface area contributed by atoms with E-state index in [9.17, 15) is 22.8 Å². The minimum Gasteiger partial charge on any atom is -0.336 e. The Bertz CT molecular complexity index is 1170. The lowest BCUT2D eigenvalue weighted by molar-refractivity contribution is 0.0723. The van der Waals surface area contributed by atoms with E-state index in [-0.39, 0.29) is 41.3 Å². The van der Waals surface area contributed by atoms with Crippen molar-refractivity contribution in [3.05, 3.63) is 38.7 Å². The summed E-state index contributed by atoms with van der Waals surface area (Å²) in [6.45, 7) is 0.306. The molecule has 3 heterocycles. The van der Waals surface area contributed by atoms with Gasteiger partial charge in [0, 0.05) is 26.3 Å². The molecule has 1 spiro atoms. The molecule has 9 nitrogen and oxygen atoms in total. The molecule has 0 unspecified atom stereocenters. The first-order chi connectivity index (χ1) is 13.2. The van der Waals surface area contributed by atoms with E-state index in [2.05, 4.69) is 9.97 Å². The fraction of sp³-hybridized carbons (Fsp3) is 0.556. The Morgan fingerprint density at radius 2 is 1.93 bits per heavy atom. The number of amides is 1. The third-order valence-electron chi connectivity index (χ3n) is 6.02. The second kappa shape index (κ2) is 6.54. The summed E-state index contributed by atoms with van der Waals surface area (Å²) in [5.74, 6) is -0.392. The molecule has 2 fully saturated rings. The Balaban J connectivity index is 1.70. The summed E-state index contributed by atoms with van der Waals surface area (Å²) in [6.07, 6.45) is 5.21. The lowest BCUT2D eigenvalue weighted by Gasteiger charge is -2.44. The second-order valence-electron chi connectivity index (χ2n) is 7.70. The van der Waals surface area contributed by atoms with E-state index in [4.69, 9.17) is 0 Å². The van der Waals surface area contributed by atoms with E-state index in [1.807, 2.05) is 0 Å². The summed E-state index contributed by atoms with van der Waals surface area (Å²) in [5.41, 5.74) is -0.785. The molecule has 4 rings (SSSR count). The Kier molecular flexibility index (Phi) is 4.40. The third kappa shape index (κ3) is 2.86. The number of pyridine rings is 1. The van der Waals surface area contributed by atoms with Gasteiger partial charge in [0.05, 0.1) is 21.4 Å². The largest absolute Gasteiger partial charge is 0.336 e. The predicted molar refractivity (Wildman–Crippen MR) is 103 cm³/mol. The van der Waals surface area contributed by atoms with Crippen LogP contribution < -0.4 is 11.2 Å².